The quantitative estimate of drug-likeness (QED) is 0.275. The maximum Gasteiger partial charge on any atom is 0.416 e. The predicted octanol–water partition coefficient (Wildman–Crippen LogP) is 7.36. The van der Waals surface area contributed by atoms with E-state index in [0.717, 1.165) is 52.4 Å². The Kier molecular flexibility index (Phi) is 6.20. The van der Waals surface area contributed by atoms with Crippen molar-refractivity contribution in [3.05, 3.63) is 76.2 Å². The van der Waals surface area contributed by atoms with E-state index in [0.29, 0.717) is 0 Å². The van der Waals surface area contributed by atoms with E-state index in [-0.39, 0.29) is 16.8 Å². The van der Waals surface area contributed by atoms with Crippen molar-refractivity contribution in [1.29, 1.82) is 0 Å². The van der Waals surface area contributed by atoms with Crippen molar-refractivity contribution >= 4 is 28.8 Å². The summed E-state index contributed by atoms with van der Waals surface area (Å²) in [6.07, 6.45) is 1.32. The van der Waals surface area contributed by atoms with Crippen LogP contribution >= 0.6 is 11.3 Å². The number of amides is 2. The number of fused-ring (bicyclic) bond motifs is 1. The van der Waals surface area contributed by atoms with Crippen LogP contribution in [-0.4, -0.2) is 11.8 Å². The molecule has 1 aliphatic heterocycles. The number of carbonyl (C=O) groups is 2. The molecule has 3 nitrogen and oxygen atoms in total. The van der Waals surface area contributed by atoms with E-state index in [2.05, 4.69) is 13.0 Å². The highest BCUT2D eigenvalue weighted by Crippen LogP contribution is 2.36. The molecule has 2 heterocycles. The van der Waals surface area contributed by atoms with Crippen LogP contribution in [0.5, 0.6) is 0 Å². The number of aryl methyl sites for hydroxylation is 1. The Labute approximate surface area is 188 Å². The number of thiophene rings is 1. The minimum Gasteiger partial charge on any atom is -0.268 e. The minimum atomic E-state index is -4.48. The normalized spacial score (nSPS) is 13.7. The van der Waals surface area contributed by atoms with Crippen LogP contribution < -0.4 is 4.90 Å². The van der Waals surface area contributed by atoms with E-state index >= 15 is 0 Å². The highest BCUT2D eigenvalue weighted by Gasteiger charge is 2.37. The Morgan fingerprint density at radius 1 is 0.844 bits per heavy atom. The maximum absolute atomic E-state index is 13.0. The van der Waals surface area contributed by atoms with Crippen LogP contribution in [0.1, 0.15) is 63.8 Å². The molecule has 0 saturated heterocycles. The van der Waals surface area contributed by atoms with Crippen LogP contribution in [0.25, 0.3) is 10.4 Å². The standard InChI is InChI=1S/C25H22F3NO2S/c1-2-3-4-5-6-19-12-14-22(32-19)16-7-13-20-21(15-16)24(31)29(23(20)30)18-10-8-17(9-11-18)25(26,27)28/h7-15H,2-6H2,1H3. The van der Waals surface area contributed by atoms with E-state index in [9.17, 15) is 22.8 Å². The first-order valence-corrected chi connectivity index (χ1v) is 11.4. The van der Waals surface area contributed by atoms with Gasteiger partial charge in [-0.25, -0.2) is 4.90 Å². The van der Waals surface area contributed by atoms with Crippen molar-refractivity contribution in [1.82, 2.24) is 0 Å². The number of unbranched alkanes of at least 4 members (excludes halogenated alkanes) is 3. The Balaban J connectivity index is 1.55. The second-order valence-electron chi connectivity index (χ2n) is 7.83. The molecular formula is C25H22F3NO2S. The summed E-state index contributed by atoms with van der Waals surface area (Å²) in [5, 5.41) is 0. The van der Waals surface area contributed by atoms with Crippen molar-refractivity contribution in [3.8, 4) is 10.4 Å². The van der Waals surface area contributed by atoms with Gasteiger partial charge in [0.05, 0.1) is 22.4 Å². The lowest BCUT2D eigenvalue weighted by Gasteiger charge is -2.15. The molecule has 1 aliphatic rings. The van der Waals surface area contributed by atoms with Crippen molar-refractivity contribution in [2.45, 2.75) is 45.2 Å². The third kappa shape index (κ3) is 4.35. The Bertz CT molecular complexity index is 1150. The van der Waals surface area contributed by atoms with Gasteiger partial charge < -0.3 is 0 Å². The summed E-state index contributed by atoms with van der Waals surface area (Å²) in [6.45, 7) is 2.18. The van der Waals surface area contributed by atoms with Gasteiger partial charge in [-0.1, -0.05) is 32.3 Å². The molecule has 0 spiro atoms. The number of hydrogen-bond acceptors (Lipinski definition) is 3. The van der Waals surface area contributed by atoms with Gasteiger partial charge in [0.1, 0.15) is 0 Å². The number of anilines is 1. The van der Waals surface area contributed by atoms with Gasteiger partial charge in [-0.15, -0.1) is 11.3 Å². The highest BCUT2D eigenvalue weighted by atomic mass is 32.1. The molecule has 2 amide bonds. The number of hydrogen-bond donors (Lipinski definition) is 0. The largest absolute Gasteiger partial charge is 0.416 e. The summed E-state index contributed by atoms with van der Waals surface area (Å²) in [6, 6.07) is 13.3. The lowest BCUT2D eigenvalue weighted by Crippen LogP contribution is -2.29. The fraction of sp³-hybridized carbons (Fsp3) is 0.280. The fourth-order valence-corrected chi connectivity index (χ4v) is 4.87. The number of alkyl halides is 3. The molecule has 32 heavy (non-hydrogen) atoms. The predicted molar refractivity (Wildman–Crippen MR) is 120 cm³/mol. The Morgan fingerprint density at radius 3 is 2.25 bits per heavy atom. The summed E-state index contributed by atoms with van der Waals surface area (Å²) >= 11 is 1.68. The molecule has 4 rings (SSSR count). The lowest BCUT2D eigenvalue weighted by atomic mass is 10.0. The SMILES string of the molecule is CCCCCCc1ccc(-c2ccc3c(c2)C(=O)N(c2ccc(C(F)(F)F)cc2)C3=O)s1. The number of imide groups is 1. The number of rotatable bonds is 7. The maximum atomic E-state index is 13.0. The first-order chi connectivity index (χ1) is 15.3. The fourth-order valence-electron chi connectivity index (χ4n) is 3.82. The summed E-state index contributed by atoms with van der Waals surface area (Å²) in [4.78, 5) is 29.0. The van der Waals surface area contributed by atoms with Crippen LogP contribution in [0.3, 0.4) is 0 Å². The molecule has 0 unspecified atom stereocenters. The van der Waals surface area contributed by atoms with Crippen molar-refractivity contribution in [2.24, 2.45) is 0 Å². The molecule has 2 aromatic carbocycles. The summed E-state index contributed by atoms with van der Waals surface area (Å²) in [5.74, 6) is -1.05. The third-order valence-electron chi connectivity index (χ3n) is 5.56. The van der Waals surface area contributed by atoms with Gasteiger partial charge in [0.2, 0.25) is 0 Å². The molecule has 1 aromatic heterocycles. The number of carbonyl (C=O) groups excluding carboxylic acids is 2. The van der Waals surface area contributed by atoms with E-state index in [4.69, 9.17) is 0 Å². The van der Waals surface area contributed by atoms with Gasteiger partial charge in [-0.3, -0.25) is 9.59 Å². The molecule has 166 valence electrons. The Morgan fingerprint density at radius 2 is 1.56 bits per heavy atom. The first-order valence-electron chi connectivity index (χ1n) is 10.6. The van der Waals surface area contributed by atoms with Crippen molar-refractivity contribution in [3.63, 3.8) is 0 Å². The molecule has 7 heteroatoms. The average molecular weight is 458 g/mol. The highest BCUT2D eigenvalue weighted by molar-refractivity contribution is 7.15. The molecular weight excluding hydrogens is 435 g/mol. The first kappa shape index (κ1) is 22.3. The summed E-state index contributed by atoms with van der Waals surface area (Å²) < 4.78 is 38.5. The average Bonchev–Trinajstić information content (AvgIpc) is 3.34. The molecule has 0 bridgehead atoms. The van der Waals surface area contributed by atoms with Gasteiger partial charge in [-0.2, -0.15) is 13.2 Å². The zero-order chi connectivity index (χ0) is 22.9. The van der Waals surface area contributed by atoms with Crippen LogP contribution in [0.2, 0.25) is 0 Å². The van der Waals surface area contributed by atoms with Crippen LogP contribution in [-0.2, 0) is 12.6 Å². The van der Waals surface area contributed by atoms with Gasteiger partial charge in [0.15, 0.2) is 0 Å². The number of benzene rings is 2. The van der Waals surface area contributed by atoms with Crippen molar-refractivity contribution in [2.75, 3.05) is 4.90 Å². The van der Waals surface area contributed by atoms with Gasteiger partial charge in [0.25, 0.3) is 11.8 Å². The van der Waals surface area contributed by atoms with E-state index in [1.807, 2.05) is 12.1 Å². The second kappa shape index (κ2) is 8.90. The van der Waals surface area contributed by atoms with Gasteiger partial charge >= 0.3 is 6.18 Å². The molecule has 0 atom stereocenters. The van der Waals surface area contributed by atoms with E-state index in [1.54, 1.807) is 23.5 Å². The smallest absolute Gasteiger partial charge is 0.268 e. The molecule has 0 fully saturated rings. The van der Waals surface area contributed by atoms with Gasteiger partial charge in [-0.05, 0) is 66.9 Å². The summed E-state index contributed by atoms with van der Waals surface area (Å²) in [5.41, 5.74) is 0.670. The van der Waals surface area contributed by atoms with Crippen LogP contribution in [0, 0.1) is 0 Å². The number of halogens is 3. The summed E-state index contributed by atoms with van der Waals surface area (Å²) in [7, 11) is 0. The van der Waals surface area contributed by atoms with E-state index < -0.39 is 23.6 Å². The topological polar surface area (TPSA) is 37.4 Å². The minimum absolute atomic E-state index is 0.122. The third-order valence-corrected chi connectivity index (χ3v) is 6.76. The molecule has 0 aliphatic carbocycles. The van der Waals surface area contributed by atoms with Gasteiger partial charge in [0, 0.05) is 9.75 Å². The molecule has 0 N–H and O–H groups in total. The van der Waals surface area contributed by atoms with E-state index in [1.165, 1.54) is 24.1 Å². The molecule has 0 radical (unpaired) electrons. The van der Waals surface area contributed by atoms with Crippen LogP contribution in [0.4, 0.5) is 18.9 Å². The number of nitrogens with zero attached hydrogens (tertiary/aromatic N) is 1. The zero-order valence-corrected chi connectivity index (χ0v) is 18.4. The van der Waals surface area contributed by atoms with Crippen molar-refractivity contribution < 1.29 is 22.8 Å². The lowest BCUT2D eigenvalue weighted by molar-refractivity contribution is -0.137. The van der Waals surface area contributed by atoms with Crippen LogP contribution in [0.15, 0.2) is 54.6 Å². The zero-order valence-electron chi connectivity index (χ0n) is 17.5. The Hall–Kier alpha value is -2.93. The molecule has 0 saturated carbocycles. The molecule has 3 aromatic rings. The monoisotopic (exact) mass is 457 g/mol. The second-order valence-corrected chi connectivity index (χ2v) is 9.00.